The molecule has 2 aromatic carbocycles. The van der Waals surface area contributed by atoms with Gasteiger partial charge < -0.3 is 9.84 Å². The molecule has 2 aromatic heterocycles. The number of hydrazone groups is 1. The second-order valence-corrected chi connectivity index (χ2v) is 5.86. The number of aliphatic hydroxyl groups is 1. The van der Waals surface area contributed by atoms with Gasteiger partial charge in [0.15, 0.2) is 11.5 Å². The zero-order chi connectivity index (χ0) is 19.2. The first-order valence-corrected chi connectivity index (χ1v) is 8.72. The number of anilines is 1. The number of nitrogens with zero attached hydrogens (tertiary/aromatic N) is 5. The van der Waals surface area contributed by atoms with E-state index in [1.807, 2.05) is 54.6 Å². The number of hydrogen-bond donors (Lipinski definition) is 2. The van der Waals surface area contributed by atoms with Gasteiger partial charge in [0.25, 0.3) is 0 Å². The second kappa shape index (κ2) is 8.28. The summed E-state index contributed by atoms with van der Waals surface area (Å²) in [5.74, 6) is 1.27. The van der Waals surface area contributed by atoms with Crippen LogP contribution in [0.4, 0.5) is 5.82 Å². The Morgan fingerprint density at radius 3 is 2.68 bits per heavy atom. The number of rotatable bonds is 7. The highest BCUT2D eigenvalue weighted by Gasteiger charge is 2.10. The van der Waals surface area contributed by atoms with Crippen molar-refractivity contribution < 1.29 is 9.84 Å². The van der Waals surface area contributed by atoms with Crippen molar-refractivity contribution in [2.75, 3.05) is 18.6 Å². The molecule has 0 bridgehead atoms. The van der Waals surface area contributed by atoms with Crippen molar-refractivity contribution in [2.45, 2.75) is 0 Å². The maximum absolute atomic E-state index is 8.78. The Kier molecular flexibility index (Phi) is 5.21. The lowest BCUT2D eigenvalue weighted by atomic mass is 10.2. The molecule has 4 aromatic rings. The van der Waals surface area contributed by atoms with Crippen molar-refractivity contribution in [3.63, 3.8) is 0 Å². The summed E-state index contributed by atoms with van der Waals surface area (Å²) in [4.78, 5) is 8.60. The highest BCUT2D eigenvalue weighted by Crippen LogP contribution is 2.21. The van der Waals surface area contributed by atoms with Crippen LogP contribution >= 0.6 is 0 Å². The van der Waals surface area contributed by atoms with Gasteiger partial charge in [0.05, 0.1) is 30.1 Å². The van der Waals surface area contributed by atoms with Crippen LogP contribution in [0.2, 0.25) is 0 Å². The molecule has 0 spiro atoms. The van der Waals surface area contributed by atoms with Crippen LogP contribution in [0.15, 0.2) is 72.2 Å². The average molecular weight is 374 g/mol. The van der Waals surface area contributed by atoms with Crippen molar-refractivity contribution in [3.8, 4) is 11.4 Å². The Bertz CT molecular complexity index is 1080. The smallest absolute Gasteiger partial charge is 0.168 e. The first-order valence-electron chi connectivity index (χ1n) is 8.72. The molecule has 140 valence electrons. The van der Waals surface area contributed by atoms with Gasteiger partial charge in [0, 0.05) is 0 Å². The summed E-state index contributed by atoms with van der Waals surface area (Å²) in [6.45, 7) is 0.261. The van der Waals surface area contributed by atoms with E-state index in [-0.39, 0.29) is 13.2 Å². The fraction of sp³-hybridized carbons (Fsp3) is 0.100. The SMILES string of the molecule is OCCOc1ccc(/C=N/Nc2ncnc3c2cnn3-c2ccccc2)cc1. The zero-order valence-corrected chi connectivity index (χ0v) is 14.9. The molecule has 0 amide bonds. The number of nitrogens with one attached hydrogen (secondary N) is 1. The highest BCUT2D eigenvalue weighted by molar-refractivity contribution is 5.88. The van der Waals surface area contributed by atoms with Gasteiger partial charge in [-0.2, -0.15) is 10.2 Å². The largest absolute Gasteiger partial charge is 0.491 e. The second-order valence-electron chi connectivity index (χ2n) is 5.86. The normalized spacial score (nSPS) is 11.2. The quantitative estimate of drug-likeness (QED) is 0.381. The third-order valence-electron chi connectivity index (χ3n) is 3.99. The number of aliphatic hydroxyl groups excluding tert-OH is 1. The molecule has 0 unspecified atom stereocenters. The summed E-state index contributed by atoms with van der Waals surface area (Å²) >= 11 is 0. The number of aromatic nitrogens is 4. The Morgan fingerprint density at radius 2 is 1.89 bits per heavy atom. The molecule has 2 heterocycles. The molecule has 0 saturated carbocycles. The van der Waals surface area contributed by atoms with Crippen molar-refractivity contribution in [3.05, 3.63) is 72.7 Å². The summed E-state index contributed by atoms with van der Waals surface area (Å²) in [6.07, 6.45) is 4.88. The van der Waals surface area contributed by atoms with E-state index in [9.17, 15) is 0 Å². The summed E-state index contributed by atoms with van der Waals surface area (Å²) in [5, 5.41) is 18.2. The average Bonchev–Trinajstić information content (AvgIpc) is 3.19. The number of fused-ring (bicyclic) bond motifs is 1. The summed E-state index contributed by atoms with van der Waals surface area (Å²) in [5.41, 5.74) is 5.47. The third kappa shape index (κ3) is 3.81. The molecule has 0 aliphatic rings. The Hall–Kier alpha value is -3.78. The van der Waals surface area contributed by atoms with Crippen molar-refractivity contribution in [1.82, 2.24) is 19.7 Å². The third-order valence-corrected chi connectivity index (χ3v) is 3.99. The topological polar surface area (TPSA) is 97.5 Å². The highest BCUT2D eigenvalue weighted by atomic mass is 16.5. The minimum absolute atomic E-state index is 0.0125. The van der Waals surface area contributed by atoms with Gasteiger partial charge in [0.1, 0.15) is 18.7 Å². The van der Waals surface area contributed by atoms with Crippen LogP contribution in [-0.2, 0) is 0 Å². The predicted octanol–water partition coefficient (Wildman–Crippen LogP) is 2.63. The molecular formula is C20H18N6O2. The predicted molar refractivity (Wildman–Crippen MR) is 107 cm³/mol. The van der Waals surface area contributed by atoms with E-state index in [1.165, 1.54) is 6.33 Å². The Labute approximate surface area is 161 Å². The molecule has 0 fully saturated rings. The maximum Gasteiger partial charge on any atom is 0.168 e. The van der Waals surface area contributed by atoms with Crippen molar-refractivity contribution >= 4 is 23.1 Å². The summed E-state index contributed by atoms with van der Waals surface area (Å²) < 4.78 is 7.10. The standard InChI is InChI=1S/C20H18N6O2/c27-10-11-28-17-8-6-15(7-9-17)12-23-25-19-18-13-24-26(20(18)22-14-21-19)16-4-2-1-3-5-16/h1-9,12-14,27H,10-11H2,(H,21,22,25)/b23-12+. The molecule has 2 N–H and O–H groups in total. The minimum Gasteiger partial charge on any atom is -0.491 e. The van der Waals surface area contributed by atoms with Crippen molar-refractivity contribution in [1.29, 1.82) is 0 Å². The molecule has 4 rings (SSSR count). The van der Waals surface area contributed by atoms with Gasteiger partial charge in [-0.3, -0.25) is 5.43 Å². The monoisotopic (exact) mass is 374 g/mol. The summed E-state index contributed by atoms with van der Waals surface area (Å²) in [6, 6.07) is 17.2. The molecular weight excluding hydrogens is 356 g/mol. The molecule has 0 saturated heterocycles. The van der Waals surface area contributed by atoms with Gasteiger partial charge in [-0.05, 0) is 42.0 Å². The fourth-order valence-corrected chi connectivity index (χ4v) is 2.67. The van der Waals surface area contributed by atoms with Gasteiger partial charge in [-0.25, -0.2) is 14.6 Å². The van der Waals surface area contributed by atoms with Crippen LogP contribution in [-0.4, -0.2) is 44.3 Å². The first kappa shape index (κ1) is 17.6. The molecule has 8 heteroatoms. The Balaban J connectivity index is 1.51. The van der Waals surface area contributed by atoms with Crippen LogP contribution in [0.25, 0.3) is 16.7 Å². The van der Waals surface area contributed by atoms with E-state index >= 15 is 0 Å². The van der Waals surface area contributed by atoms with Gasteiger partial charge in [0.2, 0.25) is 0 Å². The fourth-order valence-electron chi connectivity index (χ4n) is 2.67. The summed E-state index contributed by atoms with van der Waals surface area (Å²) in [7, 11) is 0. The number of hydrogen-bond acceptors (Lipinski definition) is 7. The van der Waals surface area contributed by atoms with E-state index in [0.29, 0.717) is 17.2 Å². The van der Waals surface area contributed by atoms with Gasteiger partial charge in [-0.15, -0.1) is 0 Å². The van der Waals surface area contributed by atoms with E-state index in [4.69, 9.17) is 9.84 Å². The van der Waals surface area contributed by atoms with Gasteiger partial charge in [-0.1, -0.05) is 18.2 Å². The van der Waals surface area contributed by atoms with E-state index in [2.05, 4.69) is 25.6 Å². The maximum atomic E-state index is 8.78. The number of benzene rings is 2. The first-order chi connectivity index (χ1) is 13.8. The molecule has 0 aliphatic carbocycles. The van der Waals surface area contributed by atoms with Crippen LogP contribution in [0.5, 0.6) is 5.75 Å². The molecule has 28 heavy (non-hydrogen) atoms. The van der Waals surface area contributed by atoms with E-state index in [0.717, 1.165) is 16.6 Å². The van der Waals surface area contributed by atoms with E-state index < -0.39 is 0 Å². The molecule has 0 radical (unpaired) electrons. The van der Waals surface area contributed by atoms with Crippen LogP contribution in [0, 0.1) is 0 Å². The lowest BCUT2D eigenvalue weighted by Crippen LogP contribution is -2.01. The van der Waals surface area contributed by atoms with Crippen LogP contribution in [0.1, 0.15) is 5.56 Å². The minimum atomic E-state index is -0.0125. The van der Waals surface area contributed by atoms with Crippen molar-refractivity contribution in [2.24, 2.45) is 5.10 Å². The van der Waals surface area contributed by atoms with E-state index in [1.54, 1.807) is 17.1 Å². The van der Waals surface area contributed by atoms with Crippen LogP contribution in [0.3, 0.4) is 0 Å². The lowest BCUT2D eigenvalue weighted by Gasteiger charge is -2.04. The zero-order valence-electron chi connectivity index (χ0n) is 14.9. The van der Waals surface area contributed by atoms with Crippen LogP contribution < -0.4 is 10.2 Å². The Morgan fingerprint density at radius 1 is 1.07 bits per heavy atom. The number of para-hydroxylation sites is 1. The molecule has 0 atom stereocenters. The van der Waals surface area contributed by atoms with Gasteiger partial charge >= 0.3 is 0 Å². The molecule has 0 aliphatic heterocycles. The molecule has 8 nitrogen and oxygen atoms in total. The number of ether oxygens (including phenoxy) is 1. The lowest BCUT2D eigenvalue weighted by molar-refractivity contribution is 0.201.